The maximum atomic E-state index is 6.22. The molecule has 3 aromatic carbocycles. The highest BCUT2D eigenvalue weighted by Crippen LogP contribution is 2.29. The molecule has 36 heavy (non-hydrogen) atoms. The minimum absolute atomic E-state index is 0.604. The zero-order chi connectivity index (χ0) is 25.6. The van der Waals surface area contributed by atoms with E-state index >= 15 is 0 Å². The third-order valence-electron chi connectivity index (χ3n) is 5.33. The van der Waals surface area contributed by atoms with Crippen LogP contribution >= 0.6 is 0 Å². The topological polar surface area (TPSA) is 24.9 Å². The Morgan fingerprint density at radius 3 is 1.31 bits per heavy atom. The maximum absolute atomic E-state index is 6.22. The van der Waals surface area contributed by atoms with Crippen LogP contribution in [0.3, 0.4) is 0 Å². The number of nitrogens with zero attached hydrogens (tertiary/aromatic N) is 2. The summed E-state index contributed by atoms with van der Waals surface area (Å²) in [6.07, 6.45) is 1.85. The molecule has 0 N–H and O–H groups in total. The highest BCUT2D eigenvalue weighted by atomic mass is 16.5. The molecule has 186 valence electrons. The van der Waals surface area contributed by atoms with E-state index in [9.17, 15) is 0 Å². The summed E-state index contributed by atoms with van der Waals surface area (Å²) in [5.74, 6) is 14.6. The predicted molar refractivity (Wildman–Crippen MR) is 149 cm³/mol. The van der Waals surface area contributed by atoms with E-state index in [0.717, 1.165) is 59.7 Å². The molecular weight excluding hydrogens is 444 g/mol. The van der Waals surface area contributed by atoms with Crippen molar-refractivity contribution in [1.82, 2.24) is 9.80 Å². The average molecular weight is 481 g/mol. The lowest BCUT2D eigenvalue weighted by Crippen LogP contribution is -2.16. The molecule has 4 heteroatoms. The van der Waals surface area contributed by atoms with Gasteiger partial charge >= 0.3 is 0 Å². The zero-order valence-electron chi connectivity index (χ0n) is 21.9. The van der Waals surface area contributed by atoms with Gasteiger partial charge in [-0.05, 0) is 65.3 Å². The first kappa shape index (κ1) is 26.9. The first-order valence-corrected chi connectivity index (χ1v) is 12.4. The fourth-order valence-electron chi connectivity index (χ4n) is 3.44. The molecule has 0 atom stereocenters. The standard InChI is InChI=1S/C32H36N2O2/c1-33(2)21-11-23-35-31-25-30(20-18-28-15-9-6-10-16-28)32(36-24-12-22-34(3)4)26-29(31)19-17-27-13-7-5-8-14-27/h5-10,13-16,25-26H,11-12,21-24H2,1-4H3. The lowest BCUT2D eigenvalue weighted by Gasteiger charge is -2.15. The summed E-state index contributed by atoms with van der Waals surface area (Å²) in [6.45, 7) is 3.12. The second-order valence-electron chi connectivity index (χ2n) is 9.09. The van der Waals surface area contributed by atoms with Crippen LogP contribution in [0.25, 0.3) is 0 Å². The van der Waals surface area contributed by atoms with Gasteiger partial charge in [-0.2, -0.15) is 0 Å². The van der Waals surface area contributed by atoms with E-state index in [2.05, 4.69) is 61.7 Å². The van der Waals surface area contributed by atoms with E-state index in [1.165, 1.54) is 0 Å². The van der Waals surface area contributed by atoms with Gasteiger partial charge in [-0.15, -0.1) is 0 Å². The molecule has 4 nitrogen and oxygen atoms in total. The van der Waals surface area contributed by atoms with Crippen molar-refractivity contribution in [2.45, 2.75) is 12.8 Å². The molecule has 3 aromatic rings. The van der Waals surface area contributed by atoms with Gasteiger partial charge in [0.05, 0.1) is 24.3 Å². The van der Waals surface area contributed by atoms with E-state index in [4.69, 9.17) is 9.47 Å². The fourth-order valence-corrected chi connectivity index (χ4v) is 3.44. The van der Waals surface area contributed by atoms with Gasteiger partial charge in [0.15, 0.2) is 0 Å². The van der Waals surface area contributed by atoms with Crippen molar-refractivity contribution in [3.8, 4) is 35.2 Å². The first-order chi connectivity index (χ1) is 17.5. The Bertz CT molecular complexity index is 1100. The molecule has 0 spiro atoms. The van der Waals surface area contributed by atoms with Crippen LogP contribution in [0, 0.1) is 23.7 Å². The van der Waals surface area contributed by atoms with Crippen LogP contribution in [0.1, 0.15) is 35.1 Å². The van der Waals surface area contributed by atoms with Crippen LogP contribution in [0.4, 0.5) is 0 Å². The van der Waals surface area contributed by atoms with Crippen molar-refractivity contribution in [2.24, 2.45) is 0 Å². The Labute approximate surface area is 216 Å². The number of hydrogen-bond donors (Lipinski definition) is 0. The minimum Gasteiger partial charge on any atom is -0.492 e. The molecule has 0 aliphatic carbocycles. The van der Waals surface area contributed by atoms with Crippen molar-refractivity contribution in [2.75, 3.05) is 54.5 Å². The molecular formula is C32H36N2O2. The van der Waals surface area contributed by atoms with E-state index in [1.54, 1.807) is 0 Å². The summed E-state index contributed by atoms with van der Waals surface area (Å²) in [7, 11) is 8.26. The Kier molecular flexibility index (Phi) is 10.9. The fraction of sp³-hybridized carbons (Fsp3) is 0.312. The summed E-state index contributed by atoms with van der Waals surface area (Å²) in [5, 5.41) is 0. The highest BCUT2D eigenvalue weighted by Gasteiger charge is 2.11. The Morgan fingerprint density at radius 2 is 0.944 bits per heavy atom. The summed E-state index contributed by atoms with van der Waals surface area (Å²) in [6, 6.07) is 23.9. The Morgan fingerprint density at radius 1 is 0.556 bits per heavy atom. The van der Waals surface area contributed by atoms with Gasteiger partial charge in [0.25, 0.3) is 0 Å². The van der Waals surface area contributed by atoms with Crippen LogP contribution < -0.4 is 9.47 Å². The third-order valence-corrected chi connectivity index (χ3v) is 5.33. The number of hydrogen-bond acceptors (Lipinski definition) is 4. The smallest absolute Gasteiger partial charge is 0.136 e. The molecule has 0 fully saturated rings. The van der Waals surface area contributed by atoms with Gasteiger partial charge in [0, 0.05) is 36.3 Å². The van der Waals surface area contributed by atoms with E-state index < -0.39 is 0 Å². The molecule has 0 aliphatic heterocycles. The molecule has 0 saturated heterocycles. The van der Waals surface area contributed by atoms with Crippen molar-refractivity contribution >= 4 is 0 Å². The summed E-state index contributed by atoms with van der Waals surface area (Å²) < 4.78 is 12.4. The summed E-state index contributed by atoms with van der Waals surface area (Å²) in [5.41, 5.74) is 3.52. The van der Waals surface area contributed by atoms with Gasteiger partial charge in [-0.25, -0.2) is 0 Å². The predicted octanol–water partition coefficient (Wildman–Crippen LogP) is 5.15. The monoisotopic (exact) mass is 480 g/mol. The Hall–Kier alpha value is -3.70. The van der Waals surface area contributed by atoms with Crippen LogP contribution in [-0.2, 0) is 0 Å². The second-order valence-corrected chi connectivity index (χ2v) is 9.09. The van der Waals surface area contributed by atoms with E-state index in [0.29, 0.717) is 13.2 Å². The van der Waals surface area contributed by atoms with Gasteiger partial charge in [-0.3, -0.25) is 0 Å². The Balaban J connectivity index is 1.96. The lowest BCUT2D eigenvalue weighted by atomic mass is 10.1. The molecule has 0 bridgehead atoms. The van der Waals surface area contributed by atoms with Crippen molar-refractivity contribution < 1.29 is 9.47 Å². The highest BCUT2D eigenvalue weighted by molar-refractivity contribution is 5.60. The second kappa shape index (κ2) is 14.6. The molecule has 0 heterocycles. The van der Waals surface area contributed by atoms with Gasteiger partial charge < -0.3 is 19.3 Å². The zero-order valence-corrected chi connectivity index (χ0v) is 21.9. The number of rotatable bonds is 10. The van der Waals surface area contributed by atoms with Gasteiger partial charge in [0.2, 0.25) is 0 Å². The van der Waals surface area contributed by atoms with E-state index in [1.807, 2.05) is 72.8 Å². The van der Waals surface area contributed by atoms with E-state index in [-0.39, 0.29) is 0 Å². The average Bonchev–Trinajstić information content (AvgIpc) is 2.88. The summed E-state index contributed by atoms with van der Waals surface area (Å²) >= 11 is 0. The molecule has 0 aromatic heterocycles. The van der Waals surface area contributed by atoms with Crippen LogP contribution in [0.15, 0.2) is 72.8 Å². The molecule has 3 rings (SSSR count). The van der Waals surface area contributed by atoms with Crippen LogP contribution in [0.2, 0.25) is 0 Å². The first-order valence-electron chi connectivity index (χ1n) is 12.4. The van der Waals surface area contributed by atoms with Gasteiger partial charge in [-0.1, -0.05) is 60.1 Å². The maximum Gasteiger partial charge on any atom is 0.136 e. The SMILES string of the molecule is CN(C)CCCOc1cc(C#Cc2ccccc2)c(OCCCN(C)C)cc1C#Cc1ccccc1. The van der Waals surface area contributed by atoms with Crippen molar-refractivity contribution in [3.63, 3.8) is 0 Å². The third kappa shape index (κ3) is 9.51. The largest absolute Gasteiger partial charge is 0.492 e. The van der Waals surface area contributed by atoms with Crippen molar-refractivity contribution in [3.05, 3.63) is 95.1 Å². The van der Waals surface area contributed by atoms with Crippen LogP contribution in [0.5, 0.6) is 11.5 Å². The quantitative estimate of drug-likeness (QED) is 0.296. The lowest BCUT2D eigenvalue weighted by molar-refractivity contribution is 0.274. The molecule has 0 saturated carbocycles. The minimum atomic E-state index is 0.604. The van der Waals surface area contributed by atoms with Crippen molar-refractivity contribution in [1.29, 1.82) is 0 Å². The molecule has 0 unspecified atom stereocenters. The number of ether oxygens (including phenoxy) is 2. The normalized spacial score (nSPS) is 10.4. The number of benzene rings is 3. The molecule has 0 aliphatic rings. The molecule has 0 radical (unpaired) electrons. The van der Waals surface area contributed by atoms with Crippen LogP contribution in [-0.4, -0.2) is 64.3 Å². The van der Waals surface area contributed by atoms with Gasteiger partial charge in [0.1, 0.15) is 11.5 Å². The molecule has 0 amide bonds. The summed E-state index contributed by atoms with van der Waals surface area (Å²) in [4.78, 5) is 4.31.